The fourth-order valence-electron chi connectivity index (χ4n) is 1.36. The van der Waals surface area contributed by atoms with Crippen LogP contribution in [-0.2, 0) is 16.1 Å². The molecule has 4 heteroatoms. The summed E-state index contributed by atoms with van der Waals surface area (Å²) in [6.07, 6.45) is 0.0837. The summed E-state index contributed by atoms with van der Waals surface area (Å²) >= 11 is 3.38. The molecule has 0 amide bonds. The minimum atomic E-state index is -0.00471. The number of aliphatic hydroxyl groups excluding tert-OH is 1. The van der Waals surface area contributed by atoms with Gasteiger partial charge in [-0.3, -0.25) is 0 Å². The van der Waals surface area contributed by atoms with Crippen molar-refractivity contribution >= 4 is 15.9 Å². The van der Waals surface area contributed by atoms with Crippen LogP contribution in [0.1, 0.15) is 5.56 Å². The minimum Gasteiger partial charge on any atom is -0.394 e. The van der Waals surface area contributed by atoms with Gasteiger partial charge in [-0.05, 0) is 17.7 Å². The maximum absolute atomic E-state index is 8.74. The van der Waals surface area contributed by atoms with Crippen LogP contribution in [0.3, 0.4) is 0 Å². The average molecular weight is 273 g/mol. The van der Waals surface area contributed by atoms with Crippen molar-refractivity contribution in [3.8, 4) is 0 Å². The third-order valence-electron chi connectivity index (χ3n) is 2.33. The van der Waals surface area contributed by atoms with Gasteiger partial charge in [-0.25, -0.2) is 0 Å². The highest BCUT2D eigenvalue weighted by atomic mass is 79.9. The Morgan fingerprint density at radius 3 is 2.60 bits per heavy atom. The SMILES string of the molecule is OC[C@H]1O[C@@H]1COCc1ccc(Br)cc1. The molecule has 1 aromatic carbocycles. The molecule has 1 N–H and O–H groups in total. The van der Waals surface area contributed by atoms with E-state index in [1.165, 1.54) is 0 Å². The lowest BCUT2D eigenvalue weighted by atomic mass is 10.2. The number of hydrogen-bond donors (Lipinski definition) is 1. The number of rotatable bonds is 5. The van der Waals surface area contributed by atoms with Gasteiger partial charge in [-0.1, -0.05) is 28.1 Å². The molecule has 1 fully saturated rings. The number of benzene rings is 1. The summed E-state index contributed by atoms with van der Waals surface area (Å²) in [6, 6.07) is 8.01. The fourth-order valence-corrected chi connectivity index (χ4v) is 1.62. The highest BCUT2D eigenvalue weighted by Gasteiger charge is 2.37. The normalized spacial score (nSPS) is 24.1. The summed E-state index contributed by atoms with van der Waals surface area (Å²) < 4.78 is 11.7. The smallest absolute Gasteiger partial charge is 0.110 e. The van der Waals surface area contributed by atoms with Crippen LogP contribution in [0.4, 0.5) is 0 Å². The molecule has 1 aliphatic heterocycles. The Labute approximate surface area is 97.1 Å². The Bertz CT molecular complexity index is 312. The van der Waals surface area contributed by atoms with E-state index in [2.05, 4.69) is 15.9 Å². The van der Waals surface area contributed by atoms with Crippen LogP contribution < -0.4 is 0 Å². The third-order valence-corrected chi connectivity index (χ3v) is 2.86. The monoisotopic (exact) mass is 272 g/mol. The van der Waals surface area contributed by atoms with Crippen molar-refractivity contribution in [1.29, 1.82) is 0 Å². The second-order valence-electron chi connectivity index (χ2n) is 3.54. The molecular formula is C11H13BrO3. The second-order valence-corrected chi connectivity index (χ2v) is 4.45. The Hall–Kier alpha value is -0.420. The van der Waals surface area contributed by atoms with Crippen LogP contribution in [0.2, 0.25) is 0 Å². The first kappa shape index (κ1) is 11.1. The van der Waals surface area contributed by atoms with Gasteiger partial charge in [0.1, 0.15) is 12.2 Å². The lowest BCUT2D eigenvalue weighted by molar-refractivity contribution is 0.104. The summed E-state index contributed by atoms with van der Waals surface area (Å²) in [5.41, 5.74) is 1.14. The van der Waals surface area contributed by atoms with Crippen LogP contribution in [-0.4, -0.2) is 30.5 Å². The molecule has 0 unspecified atom stereocenters. The fraction of sp³-hybridized carbons (Fsp3) is 0.455. The molecule has 0 radical (unpaired) electrons. The van der Waals surface area contributed by atoms with E-state index in [0.29, 0.717) is 13.2 Å². The summed E-state index contributed by atoms with van der Waals surface area (Å²) in [7, 11) is 0. The van der Waals surface area contributed by atoms with Crippen molar-refractivity contribution in [2.45, 2.75) is 18.8 Å². The topological polar surface area (TPSA) is 42.0 Å². The van der Waals surface area contributed by atoms with Gasteiger partial charge in [0.25, 0.3) is 0 Å². The summed E-state index contributed by atoms with van der Waals surface area (Å²) in [5.74, 6) is 0. The molecule has 1 saturated heterocycles. The third kappa shape index (κ3) is 3.28. The van der Waals surface area contributed by atoms with E-state index in [1.54, 1.807) is 0 Å². The van der Waals surface area contributed by atoms with Gasteiger partial charge in [0.05, 0.1) is 19.8 Å². The molecule has 0 aliphatic carbocycles. The van der Waals surface area contributed by atoms with E-state index in [-0.39, 0.29) is 18.8 Å². The molecule has 1 aliphatic rings. The Morgan fingerprint density at radius 2 is 2.00 bits per heavy atom. The van der Waals surface area contributed by atoms with Crippen LogP contribution >= 0.6 is 15.9 Å². The standard InChI is InChI=1S/C11H13BrO3/c12-9-3-1-8(2-4-9)6-14-7-11-10(5-13)15-11/h1-4,10-11,13H,5-7H2/t10-,11-/m1/s1. The molecular weight excluding hydrogens is 260 g/mol. The summed E-state index contributed by atoms with van der Waals surface area (Å²) in [5, 5.41) is 8.74. The van der Waals surface area contributed by atoms with Gasteiger partial charge >= 0.3 is 0 Å². The van der Waals surface area contributed by atoms with E-state index in [4.69, 9.17) is 14.6 Å². The Balaban J connectivity index is 1.68. The number of aliphatic hydroxyl groups is 1. The molecule has 2 atom stereocenters. The predicted molar refractivity (Wildman–Crippen MR) is 59.5 cm³/mol. The highest BCUT2D eigenvalue weighted by Crippen LogP contribution is 2.21. The van der Waals surface area contributed by atoms with Crippen molar-refractivity contribution < 1.29 is 14.6 Å². The van der Waals surface area contributed by atoms with E-state index >= 15 is 0 Å². The molecule has 15 heavy (non-hydrogen) atoms. The van der Waals surface area contributed by atoms with E-state index < -0.39 is 0 Å². The van der Waals surface area contributed by atoms with Crippen molar-refractivity contribution in [3.63, 3.8) is 0 Å². The number of ether oxygens (including phenoxy) is 2. The van der Waals surface area contributed by atoms with Crippen molar-refractivity contribution in [1.82, 2.24) is 0 Å². The molecule has 1 heterocycles. The van der Waals surface area contributed by atoms with Gasteiger partial charge < -0.3 is 14.6 Å². The van der Waals surface area contributed by atoms with Gasteiger partial charge in [0.15, 0.2) is 0 Å². The molecule has 0 bridgehead atoms. The lowest BCUT2D eigenvalue weighted by Gasteiger charge is -2.02. The first-order valence-electron chi connectivity index (χ1n) is 4.88. The molecule has 0 spiro atoms. The van der Waals surface area contributed by atoms with E-state index in [9.17, 15) is 0 Å². The van der Waals surface area contributed by atoms with Gasteiger partial charge in [0.2, 0.25) is 0 Å². The van der Waals surface area contributed by atoms with Crippen molar-refractivity contribution in [3.05, 3.63) is 34.3 Å². The van der Waals surface area contributed by atoms with Crippen LogP contribution in [0, 0.1) is 0 Å². The Morgan fingerprint density at radius 1 is 1.27 bits per heavy atom. The van der Waals surface area contributed by atoms with Gasteiger partial charge in [-0.15, -0.1) is 0 Å². The minimum absolute atomic E-state index is 0.00471. The zero-order valence-corrected chi connectivity index (χ0v) is 9.81. The van der Waals surface area contributed by atoms with Crippen LogP contribution in [0.5, 0.6) is 0 Å². The van der Waals surface area contributed by atoms with Crippen LogP contribution in [0.25, 0.3) is 0 Å². The zero-order valence-electron chi connectivity index (χ0n) is 8.23. The first-order valence-corrected chi connectivity index (χ1v) is 5.67. The molecule has 3 nitrogen and oxygen atoms in total. The zero-order chi connectivity index (χ0) is 10.7. The predicted octanol–water partition coefficient (Wildman–Crippen LogP) is 1.73. The summed E-state index contributed by atoms with van der Waals surface area (Å²) in [4.78, 5) is 0. The van der Waals surface area contributed by atoms with E-state index in [0.717, 1.165) is 10.0 Å². The van der Waals surface area contributed by atoms with Crippen molar-refractivity contribution in [2.75, 3.05) is 13.2 Å². The van der Waals surface area contributed by atoms with Crippen molar-refractivity contribution in [2.24, 2.45) is 0 Å². The summed E-state index contributed by atoms with van der Waals surface area (Å²) in [6.45, 7) is 1.24. The number of epoxide rings is 1. The molecule has 1 aromatic rings. The lowest BCUT2D eigenvalue weighted by Crippen LogP contribution is -2.07. The van der Waals surface area contributed by atoms with Crippen LogP contribution in [0.15, 0.2) is 28.7 Å². The van der Waals surface area contributed by atoms with E-state index in [1.807, 2.05) is 24.3 Å². The second kappa shape index (κ2) is 5.07. The maximum Gasteiger partial charge on any atom is 0.110 e. The van der Waals surface area contributed by atoms with Gasteiger partial charge in [0, 0.05) is 4.47 Å². The Kier molecular flexibility index (Phi) is 3.75. The highest BCUT2D eigenvalue weighted by molar-refractivity contribution is 9.10. The largest absolute Gasteiger partial charge is 0.394 e. The molecule has 82 valence electrons. The number of hydrogen-bond acceptors (Lipinski definition) is 3. The molecule has 2 rings (SSSR count). The first-order chi connectivity index (χ1) is 7.29. The maximum atomic E-state index is 8.74. The number of halogens is 1. The average Bonchev–Trinajstić information content (AvgIpc) is 3.00. The molecule has 0 saturated carbocycles. The quantitative estimate of drug-likeness (QED) is 0.831. The van der Waals surface area contributed by atoms with Gasteiger partial charge in [-0.2, -0.15) is 0 Å². The molecule has 0 aromatic heterocycles.